The smallest absolute Gasteiger partial charge is 0.253 e. The second kappa shape index (κ2) is 22.9. The zero-order valence-corrected chi connectivity index (χ0v) is 35.4. The fourth-order valence-electron chi connectivity index (χ4n) is 5.83. The third-order valence-corrected chi connectivity index (χ3v) is 9.13. The predicted octanol–water partition coefficient (Wildman–Crippen LogP) is 9.33. The number of ether oxygens (including phenoxy) is 4. The lowest BCUT2D eigenvalue weighted by Crippen LogP contribution is -2.19. The van der Waals surface area contributed by atoms with Crippen molar-refractivity contribution in [1.82, 2.24) is 30.6 Å². The molecule has 0 spiro atoms. The maximum absolute atomic E-state index is 12.1. The van der Waals surface area contributed by atoms with Gasteiger partial charge in [-0.05, 0) is 83.4 Å². The number of hydrogen-bond acceptors (Lipinski definition) is 14. The van der Waals surface area contributed by atoms with Crippen LogP contribution in [0.5, 0.6) is 23.0 Å². The number of carbonyl (C=O) groups excluding carboxylic acids is 2. The number of carbonyl (C=O) groups is 2. The van der Waals surface area contributed by atoms with Crippen LogP contribution in [0.3, 0.4) is 0 Å². The average Bonchev–Trinajstić information content (AvgIpc) is 3.24. The second-order valence-electron chi connectivity index (χ2n) is 12.5. The van der Waals surface area contributed by atoms with E-state index in [0.717, 1.165) is 22.5 Å². The van der Waals surface area contributed by atoms with Crippen LogP contribution in [0.25, 0.3) is 0 Å². The van der Waals surface area contributed by atoms with E-state index in [2.05, 4.69) is 67.8 Å². The van der Waals surface area contributed by atoms with Gasteiger partial charge in [0.1, 0.15) is 11.6 Å². The third kappa shape index (κ3) is 12.2. The molecule has 17 heteroatoms. The third-order valence-electron chi connectivity index (χ3n) is 8.55. The predicted molar refractivity (Wildman–Crippen MR) is 247 cm³/mol. The Morgan fingerprint density at radius 2 is 1.07 bits per heavy atom. The van der Waals surface area contributed by atoms with E-state index >= 15 is 0 Å². The Balaban J connectivity index is 0.000000315. The van der Waals surface area contributed by atoms with Crippen molar-refractivity contribution in [3.8, 4) is 23.0 Å². The number of amides is 2. The molecule has 0 bridgehead atoms. The summed E-state index contributed by atoms with van der Waals surface area (Å²) in [6.07, 6.45) is 3.27. The zero-order chi connectivity index (χ0) is 42.5. The van der Waals surface area contributed by atoms with Crippen LogP contribution in [0.2, 0.25) is 0 Å². The summed E-state index contributed by atoms with van der Waals surface area (Å²) in [4.78, 5) is 41.8. The zero-order valence-electron chi connectivity index (χ0n) is 33.8. The Labute approximate surface area is 365 Å². The van der Waals surface area contributed by atoms with Crippen LogP contribution in [0.1, 0.15) is 46.7 Å². The van der Waals surface area contributed by atoms with Crippen molar-refractivity contribution in [2.45, 2.75) is 28.7 Å². The Hall–Kier alpha value is -7.14. The van der Waals surface area contributed by atoms with Crippen molar-refractivity contribution in [2.75, 3.05) is 63.8 Å². The molecule has 0 radical (unpaired) electrons. The van der Waals surface area contributed by atoms with Gasteiger partial charge in [-0.15, -0.1) is 0 Å². The van der Waals surface area contributed by atoms with E-state index in [-0.39, 0.29) is 26.7 Å². The number of aryl methyl sites for hydroxylation is 2. The normalized spacial score (nSPS) is 9.92. The molecule has 6 N–H and O–H groups in total. The first-order valence-electron chi connectivity index (χ1n) is 18.0. The van der Waals surface area contributed by atoms with E-state index in [1.807, 2.05) is 68.4 Å². The Morgan fingerprint density at radius 1 is 0.590 bits per heavy atom. The SMILES string of the molecule is C.C.CNC(=O)c1ccccc1Nc1ccnc(Nc2cc(C)c(OC)c(OC)c2)n1.CNC(=O)c1ccccc1Nc1nc(Nc2cc(C)c(OC)c(OC)c2)ncc1Br. The fraction of sp³-hybridized carbons (Fsp3) is 0.227. The van der Waals surface area contributed by atoms with Crippen molar-refractivity contribution in [1.29, 1.82) is 0 Å². The standard InChI is InChI=1S/C21H22BrN5O3.C21H23N5O3.2CH4/c1-12-9-13(10-17(29-3)18(12)30-4)25-21-24-11-15(22)19(27-21)26-16-8-6-5-7-14(16)20(28)23-2;1-13-11-14(12-17(28-3)19(13)29-4)24-21-23-10-9-18(26-21)25-16-8-6-5-7-15(16)20(27)22-2;;/h5-11H,1-4H3,(H,23,28)(H2,24,25,26,27);5-12H,1-4H3,(H,22,27)(H2,23,24,25,26);2*1H4. The van der Waals surface area contributed by atoms with Gasteiger partial charge in [0.25, 0.3) is 11.8 Å². The van der Waals surface area contributed by atoms with Crippen LogP contribution < -0.4 is 50.8 Å². The Bertz CT molecular complexity index is 2430. The molecule has 0 saturated heterocycles. The molecule has 0 fully saturated rings. The van der Waals surface area contributed by atoms with Gasteiger partial charge < -0.3 is 50.8 Å². The number of anilines is 8. The summed E-state index contributed by atoms with van der Waals surface area (Å²) in [6, 6.07) is 23.6. The molecule has 0 aliphatic carbocycles. The largest absolute Gasteiger partial charge is 0.493 e. The second-order valence-corrected chi connectivity index (χ2v) is 13.3. The molecule has 16 nitrogen and oxygen atoms in total. The number of aromatic nitrogens is 4. The highest BCUT2D eigenvalue weighted by atomic mass is 79.9. The van der Waals surface area contributed by atoms with E-state index in [0.29, 0.717) is 73.5 Å². The monoisotopic (exact) mass is 896 g/mol. The molecule has 61 heavy (non-hydrogen) atoms. The molecule has 2 amide bonds. The molecule has 0 atom stereocenters. The Kier molecular flexibility index (Phi) is 18.1. The van der Waals surface area contributed by atoms with Gasteiger partial charge in [-0.1, -0.05) is 39.1 Å². The highest BCUT2D eigenvalue weighted by Crippen LogP contribution is 2.36. The van der Waals surface area contributed by atoms with E-state index in [9.17, 15) is 9.59 Å². The lowest BCUT2D eigenvalue weighted by molar-refractivity contribution is 0.0956. The van der Waals surface area contributed by atoms with Gasteiger partial charge in [-0.2, -0.15) is 9.97 Å². The van der Waals surface area contributed by atoms with Crippen molar-refractivity contribution in [3.63, 3.8) is 0 Å². The quantitative estimate of drug-likeness (QED) is 0.0605. The van der Waals surface area contributed by atoms with Gasteiger partial charge in [0.05, 0.1) is 55.4 Å². The van der Waals surface area contributed by atoms with Crippen LogP contribution in [0, 0.1) is 13.8 Å². The summed E-state index contributed by atoms with van der Waals surface area (Å²) < 4.78 is 22.2. The highest BCUT2D eigenvalue weighted by Gasteiger charge is 2.15. The van der Waals surface area contributed by atoms with Gasteiger partial charge in [0, 0.05) is 50.0 Å². The maximum Gasteiger partial charge on any atom is 0.253 e. The summed E-state index contributed by atoms with van der Waals surface area (Å²) in [6.45, 7) is 3.86. The van der Waals surface area contributed by atoms with Crippen LogP contribution in [0.4, 0.5) is 46.3 Å². The molecule has 0 saturated carbocycles. The fourth-order valence-corrected chi connectivity index (χ4v) is 6.12. The van der Waals surface area contributed by atoms with E-state index < -0.39 is 0 Å². The van der Waals surface area contributed by atoms with Crippen molar-refractivity contribution in [2.24, 2.45) is 0 Å². The summed E-state index contributed by atoms with van der Waals surface area (Å²) in [5.74, 6) is 4.05. The molecule has 0 aliphatic rings. The maximum atomic E-state index is 12.1. The van der Waals surface area contributed by atoms with E-state index in [1.54, 1.807) is 79.2 Å². The average molecular weight is 898 g/mol. The first-order valence-corrected chi connectivity index (χ1v) is 18.8. The van der Waals surface area contributed by atoms with Crippen molar-refractivity contribution >= 4 is 74.0 Å². The molecule has 2 heterocycles. The molecular weight excluding hydrogens is 844 g/mol. The minimum Gasteiger partial charge on any atom is -0.493 e. The number of nitrogens with one attached hydrogen (secondary N) is 6. The summed E-state index contributed by atoms with van der Waals surface area (Å²) >= 11 is 3.45. The molecule has 0 unspecified atom stereocenters. The van der Waals surface area contributed by atoms with Crippen LogP contribution in [-0.2, 0) is 0 Å². The van der Waals surface area contributed by atoms with Crippen LogP contribution in [0.15, 0.2) is 95.7 Å². The molecule has 6 aromatic rings. The van der Waals surface area contributed by atoms with Crippen molar-refractivity contribution < 1.29 is 28.5 Å². The van der Waals surface area contributed by atoms with Gasteiger partial charge in [0.15, 0.2) is 23.0 Å². The molecule has 6 rings (SSSR count). The van der Waals surface area contributed by atoms with Gasteiger partial charge in [0.2, 0.25) is 11.9 Å². The first-order chi connectivity index (χ1) is 28.5. The number of benzene rings is 4. The molecule has 4 aromatic carbocycles. The lowest BCUT2D eigenvalue weighted by Gasteiger charge is -2.15. The van der Waals surface area contributed by atoms with Gasteiger partial charge in [-0.3, -0.25) is 9.59 Å². The summed E-state index contributed by atoms with van der Waals surface area (Å²) in [7, 11) is 9.57. The lowest BCUT2D eigenvalue weighted by atomic mass is 10.1. The number of rotatable bonds is 14. The van der Waals surface area contributed by atoms with Gasteiger partial charge >= 0.3 is 0 Å². The molecule has 2 aromatic heterocycles. The van der Waals surface area contributed by atoms with Crippen LogP contribution >= 0.6 is 15.9 Å². The number of para-hydroxylation sites is 2. The molecular formula is C44H53BrN10O6. The summed E-state index contributed by atoms with van der Waals surface area (Å²) in [5, 5.41) is 18.0. The summed E-state index contributed by atoms with van der Waals surface area (Å²) in [5.41, 5.74) is 5.67. The number of methoxy groups -OCH3 is 4. The minimum absolute atomic E-state index is 0. The highest BCUT2D eigenvalue weighted by molar-refractivity contribution is 9.10. The first kappa shape index (κ1) is 48.2. The van der Waals surface area contributed by atoms with E-state index in [4.69, 9.17) is 18.9 Å². The molecule has 322 valence electrons. The minimum atomic E-state index is -0.192. The molecule has 0 aliphatic heterocycles. The van der Waals surface area contributed by atoms with Crippen molar-refractivity contribution in [3.05, 3.63) is 118 Å². The van der Waals surface area contributed by atoms with E-state index in [1.165, 1.54) is 0 Å². The van der Waals surface area contributed by atoms with Gasteiger partial charge in [-0.25, -0.2) is 9.97 Å². The number of nitrogens with zero attached hydrogens (tertiary/aromatic N) is 4. The topological polar surface area (TPSA) is 195 Å². The Morgan fingerprint density at radius 3 is 1.54 bits per heavy atom. The number of halogens is 1. The number of hydrogen-bond donors (Lipinski definition) is 6. The van der Waals surface area contributed by atoms with Crippen LogP contribution in [-0.4, -0.2) is 74.3 Å².